The molecule has 0 bridgehead atoms. The number of nitrogens with zero attached hydrogens (tertiary/aromatic N) is 2. The van der Waals surface area contributed by atoms with Gasteiger partial charge in [-0.25, -0.2) is 4.98 Å². The number of amides is 1. The summed E-state index contributed by atoms with van der Waals surface area (Å²) in [5.74, 6) is -0.347. The van der Waals surface area contributed by atoms with Gasteiger partial charge in [-0.15, -0.1) is 11.3 Å². The Hall–Kier alpha value is -2.53. The maximum absolute atomic E-state index is 12.2. The Bertz CT molecular complexity index is 913. The van der Waals surface area contributed by atoms with Crippen molar-refractivity contribution in [2.24, 2.45) is 4.99 Å². The van der Waals surface area contributed by atoms with Crippen molar-refractivity contribution in [3.63, 3.8) is 0 Å². The normalized spacial score (nSPS) is 17.1. The minimum absolute atomic E-state index is 0.0214. The van der Waals surface area contributed by atoms with Crippen molar-refractivity contribution in [1.82, 2.24) is 4.98 Å². The number of hydrogen-bond acceptors (Lipinski definition) is 4. The summed E-state index contributed by atoms with van der Waals surface area (Å²) in [4.78, 5) is 20.9. The van der Waals surface area contributed by atoms with Gasteiger partial charge in [0.05, 0.1) is 21.4 Å². The molecule has 0 saturated carbocycles. The fourth-order valence-corrected chi connectivity index (χ4v) is 3.48. The van der Waals surface area contributed by atoms with Gasteiger partial charge in [-0.05, 0) is 42.3 Å². The van der Waals surface area contributed by atoms with Crippen LogP contribution in [0.25, 0.3) is 10.2 Å². The van der Waals surface area contributed by atoms with Gasteiger partial charge in [-0.3, -0.25) is 9.79 Å². The summed E-state index contributed by atoms with van der Waals surface area (Å²) >= 11 is 1.59. The fourth-order valence-electron chi connectivity index (χ4n) is 2.77. The molecule has 1 N–H and O–H groups in total. The van der Waals surface area contributed by atoms with Crippen LogP contribution < -0.4 is 5.32 Å². The standard InChI is InChI=1S/C17H13N3OS/c1-10-3-2-4-14-16(10)12(17(21)20-14)8-18-11-5-6-13-15(7-11)22-9-19-13/h2-9,12H,1H3,(H,20,21). The number of hydrogen-bond donors (Lipinski definition) is 1. The van der Waals surface area contributed by atoms with Crippen molar-refractivity contribution in [3.8, 4) is 0 Å². The van der Waals surface area contributed by atoms with Crippen molar-refractivity contribution >= 4 is 45.0 Å². The molecule has 1 unspecified atom stereocenters. The van der Waals surface area contributed by atoms with Gasteiger partial charge in [0.1, 0.15) is 5.92 Å². The molecule has 1 aliphatic rings. The Morgan fingerprint density at radius 1 is 1.32 bits per heavy atom. The number of benzene rings is 2. The summed E-state index contributed by atoms with van der Waals surface area (Å²) in [6.45, 7) is 2.02. The van der Waals surface area contributed by atoms with Crippen LogP contribution in [0.3, 0.4) is 0 Å². The number of nitrogens with one attached hydrogen (secondary N) is 1. The number of carbonyl (C=O) groups excluding carboxylic acids is 1. The van der Waals surface area contributed by atoms with Crippen LogP contribution in [-0.4, -0.2) is 17.1 Å². The Balaban J connectivity index is 1.70. The zero-order valence-electron chi connectivity index (χ0n) is 11.9. The molecule has 1 atom stereocenters. The van der Waals surface area contributed by atoms with E-state index in [9.17, 15) is 4.79 Å². The highest BCUT2D eigenvalue weighted by molar-refractivity contribution is 7.16. The summed E-state index contributed by atoms with van der Waals surface area (Å²) in [5.41, 5.74) is 6.65. The van der Waals surface area contributed by atoms with Crippen molar-refractivity contribution < 1.29 is 4.79 Å². The van der Waals surface area contributed by atoms with Crippen molar-refractivity contribution in [3.05, 3.63) is 53.0 Å². The maximum Gasteiger partial charge on any atom is 0.237 e. The summed E-state index contributed by atoms with van der Waals surface area (Å²) in [5, 5.41) is 2.91. The number of anilines is 1. The van der Waals surface area contributed by atoms with Gasteiger partial charge >= 0.3 is 0 Å². The first kappa shape index (κ1) is 13.2. The van der Waals surface area contributed by atoms with Gasteiger partial charge in [-0.1, -0.05) is 12.1 Å². The number of thiazole rings is 1. The molecule has 2 aromatic carbocycles. The molecule has 108 valence electrons. The Morgan fingerprint density at radius 2 is 2.23 bits per heavy atom. The Morgan fingerprint density at radius 3 is 3.14 bits per heavy atom. The molecule has 1 aromatic heterocycles. The van der Waals surface area contributed by atoms with Crippen molar-refractivity contribution in [1.29, 1.82) is 0 Å². The van der Waals surface area contributed by atoms with Crippen LogP contribution in [0.2, 0.25) is 0 Å². The fraction of sp³-hybridized carbons (Fsp3) is 0.118. The average molecular weight is 307 g/mol. The first-order chi connectivity index (χ1) is 10.7. The van der Waals surface area contributed by atoms with Crippen molar-refractivity contribution in [2.45, 2.75) is 12.8 Å². The molecular formula is C17H13N3OS. The molecule has 4 nitrogen and oxygen atoms in total. The van der Waals surface area contributed by atoms with Crippen LogP contribution in [0.15, 0.2) is 46.9 Å². The number of carbonyl (C=O) groups is 1. The molecule has 5 heteroatoms. The van der Waals surface area contributed by atoms with Crippen LogP contribution in [0.1, 0.15) is 17.0 Å². The highest BCUT2D eigenvalue weighted by Crippen LogP contribution is 2.34. The topological polar surface area (TPSA) is 54.4 Å². The molecule has 0 spiro atoms. The molecule has 0 radical (unpaired) electrons. The van der Waals surface area contributed by atoms with E-state index in [0.717, 1.165) is 32.7 Å². The van der Waals surface area contributed by atoms with Crippen LogP contribution in [-0.2, 0) is 4.79 Å². The first-order valence-corrected chi connectivity index (χ1v) is 7.88. The zero-order valence-corrected chi connectivity index (χ0v) is 12.7. The molecule has 0 saturated heterocycles. The van der Waals surface area contributed by atoms with E-state index in [0.29, 0.717) is 0 Å². The molecule has 2 heterocycles. The smallest absolute Gasteiger partial charge is 0.237 e. The van der Waals surface area contributed by atoms with E-state index in [2.05, 4.69) is 15.3 Å². The average Bonchev–Trinajstić information content (AvgIpc) is 3.09. The third kappa shape index (κ3) is 2.10. The molecule has 0 aliphatic carbocycles. The van der Waals surface area contributed by atoms with Crippen LogP contribution in [0.5, 0.6) is 0 Å². The number of rotatable bonds is 2. The van der Waals surface area contributed by atoms with Gasteiger partial charge < -0.3 is 5.32 Å². The summed E-state index contributed by atoms with van der Waals surface area (Å²) < 4.78 is 1.10. The quantitative estimate of drug-likeness (QED) is 0.726. The molecule has 4 rings (SSSR count). The minimum atomic E-state index is -0.326. The lowest BCUT2D eigenvalue weighted by Crippen LogP contribution is -2.13. The molecule has 3 aromatic rings. The van der Waals surface area contributed by atoms with Gasteiger partial charge in [0, 0.05) is 11.9 Å². The lowest BCUT2D eigenvalue weighted by molar-refractivity contribution is -0.115. The second kappa shape index (κ2) is 5.03. The number of aliphatic imine (C=N–C) groups is 1. The number of fused-ring (bicyclic) bond motifs is 2. The monoisotopic (exact) mass is 307 g/mol. The zero-order chi connectivity index (χ0) is 15.1. The van der Waals surface area contributed by atoms with Gasteiger partial charge in [-0.2, -0.15) is 0 Å². The summed E-state index contributed by atoms with van der Waals surface area (Å²) in [7, 11) is 0. The summed E-state index contributed by atoms with van der Waals surface area (Å²) in [6.07, 6.45) is 1.73. The lowest BCUT2D eigenvalue weighted by atomic mass is 9.97. The number of aromatic nitrogens is 1. The Kier molecular flexibility index (Phi) is 3.01. The van der Waals surface area contributed by atoms with E-state index >= 15 is 0 Å². The van der Waals surface area contributed by atoms with E-state index in [-0.39, 0.29) is 11.8 Å². The highest BCUT2D eigenvalue weighted by Gasteiger charge is 2.30. The predicted octanol–water partition coefficient (Wildman–Crippen LogP) is 4.04. The van der Waals surface area contributed by atoms with Gasteiger partial charge in [0.2, 0.25) is 5.91 Å². The third-order valence-corrected chi connectivity index (χ3v) is 4.65. The molecular weight excluding hydrogens is 294 g/mol. The first-order valence-electron chi connectivity index (χ1n) is 7.00. The van der Waals surface area contributed by atoms with E-state index in [1.54, 1.807) is 17.6 Å². The van der Waals surface area contributed by atoms with Crippen LogP contribution in [0, 0.1) is 6.92 Å². The minimum Gasteiger partial charge on any atom is -0.325 e. The second-order valence-electron chi connectivity index (χ2n) is 5.29. The van der Waals surface area contributed by atoms with Crippen LogP contribution >= 0.6 is 11.3 Å². The van der Waals surface area contributed by atoms with E-state index in [1.165, 1.54) is 0 Å². The SMILES string of the molecule is Cc1cccc2c1C(C=Nc1ccc3ncsc3c1)C(=O)N2. The highest BCUT2D eigenvalue weighted by atomic mass is 32.1. The molecule has 0 fully saturated rings. The molecule has 22 heavy (non-hydrogen) atoms. The second-order valence-corrected chi connectivity index (χ2v) is 6.17. The maximum atomic E-state index is 12.2. The van der Waals surface area contributed by atoms with E-state index in [4.69, 9.17) is 0 Å². The van der Waals surface area contributed by atoms with Gasteiger partial charge in [0.25, 0.3) is 0 Å². The lowest BCUT2D eigenvalue weighted by Gasteiger charge is -2.05. The van der Waals surface area contributed by atoms with Crippen molar-refractivity contribution in [2.75, 3.05) is 5.32 Å². The van der Waals surface area contributed by atoms with E-state index in [1.807, 2.05) is 48.8 Å². The summed E-state index contributed by atoms with van der Waals surface area (Å²) in [6, 6.07) is 11.8. The Labute approximate surface area is 131 Å². The number of aryl methyl sites for hydroxylation is 1. The predicted molar refractivity (Wildman–Crippen MR) is 90.3 cm³/mol. The van der Waals surface area contributed by atoms with Gasteiger partial charge in [0.15, 0.2) is 0 Å². The third-order valence-electron chi connectivity index (χ3n) is 3.86. The van der Waals surface area contributed by atoms with E-state index < -0.39 is 0 Å². The molecule has 1 amide bonds. The van der Waals surface area contributed by atoms with Crippen LogP contribution in [0.4, 0.5) is 11.4 Å². The molecule has 1 aliphatic heterocycles. The largest absolute Gasteiger partial charge is 0.325 e.